The smallest absolute Gasteiger partial charge is 0.342 e. The first-order chi connectivity index (χ1) is 17.4. The van der Waals surface area contributed by atoms with Crippen LogP contribution in [0.1, 0.15) is 40.7 Å². The number of anilines is 1. The minimum atomic E-state index is -0.810. The maximum Gasteiger partial charge on any atom is 0.342 e. The Kier molecular flexibility index (Phi) is 6.89. The average molecular weight is 511 g/mol. The summed E-state index contributed by atoms with van der Waals surface area (Å²) in [5.74, 6) is -2.40. The van der Waals surface area contributed by atoms with E-state index in [0.717, 1.165) is 48.2 Å². The lowest BCUT2D eigenvalue weighted by Crippen LogP contribution is -2.28. The molecule has 2 aromatic heterocycles. The second-order valence-corrected chi connectivity index (χ2v) is 9.34. The van der Waals surface area contributed by atoms with Gasteiger partial charge in [-0.05, 0) is 67.4 Å². The number of aromatic amines is 1. The summed E-state index contributed by atoms with van der Waals surface area (Å²) in [6.45, 7) is 2.54. The SMILES string of the molecule is Nc1ncc(-c2ccc3[nH]cc(CN4CCCCC4)c3c2)cc1C(=O)OCc1c(F)ccc(F)c1Cl. The van der Waals surface area contributed by atoms with Crippen LogP contribution in [0.15, 0.2) is 48.8 Å². The molecule has 1 aliphatic heterocycles. The lowest BCUT2D eigenvalue weighted by molar-refractivity contribution is 0.0469. The van der Waals surface area contributed by atoms with Crippen LogP contribution < -0.4 is 5.73 Å². The first-order valence-corrected chi connectivity index (χ1v) is 12.2. The van der Waals surface area contributed by atoms with Gasteiger partial charge in [-0.1, -0.05) is 24.1 Å². The summed E-state index contributed by atoms with van der Waals surface area (Å²) < 4.78 is 32.9. The predicted octanol–water partition coefficient (Wildman–Crippen LogP) is 6.09. The summed E-state index contributed by atoms with van der Waals surface area (Å²) in [6.07, 6.45) is 7.37. The van der Waals surface area contributed by atoms with Crippen molar-refractivity contribution in [2.24, 2.45) is 0 Å². The number of halogens is 3. The van der Waals surface area contributed by atoms with Gasteiger partial charge in [-0.15, -0.1) is 0 Å². The molecule has 4 aromatic rings. The van der Waals surface area contributed by atoms with E-state index in [9.17, 15) is 13.6 Å². The van der Waals surface area contributed by atoms with Crippen molar-refractivity contribution in [2.45, 2.75) is 32.4 Å². The van der Waals surface area contributed by atoms with Crippen LogP contribution >= 0.6 is 11.6 Å². The number of rotatable bonds is 6. The summed E-state index contributed by atoms with van der Waals surface area (Å²) in [4.78, 5) is 22.7. The highest BCUT2D eigenvalue weighted by molar-refractivity contribution is 6.31. The Balaban J connectivity index is 1.39. The predicted molar refractivity (Wildman–Crippen MR) is 136 cm³/mol. The van der Waals surface area contributed by atoms with E-state index >= 15 is 0 Å². The van der Waals surface area contributed by atoms with Gasteiger partial charge in [0.2, 0.25) is 0 Å². The number of likely N-dealkylation sites (tertiary alicyclic amines) is 1. The molecular weight excluding hydrogens is 486 g/mol. The second-order valence-electron chi connectivity index (χ2n) is 8.97. The number of esters is 1. The molecule has 9 heteroatoms. The van der Waals surface area contributed by atoms with E-state index in [2.05, 4.69) is 20.9 Å². The van der Waals surface area contributed by atoms with Crippen LogP contribution in [0, 0.1) is 11.6 Å². The number of nitrogens with one attached hydrogen (secondary N) is 1. The molecule has 0 bridgehead atoms. The van der Waals surface area contributed by atoms with Crippen molar-refractivity contribution in [1.29, 1.82) is 0 Å². The van der Waals surface area contributed by atoms with Crippen molar-refractivity contribution >= 4 is 34.3 Å². The third kappa shape index (κ3) is 4.92. The number of carbonyl (C=O) groups is 1. The van der Waals surface area contributed by atoms with Gasteiger partial charge in [-0.3, -0.25) is 4.90 Å². The van der Waals surface area contributed by atoms with Gasteiger partial charge in [0.1, 0.15) is 29.6 Å². The van der Waals surface area contributed by atoms with E-state index in [1.54, 1.807) is 12.3 Å². The number of hydrogen-bond donors (Lipinski definition) is 2. The number of nitrogens with zero attached hydrogens (tertiary/aromatic N) is 2. The topological polar surface area (TPSA) is 84.2 Å². The van der Waals surface area contributed by atoms with Gasteiger partial charge in [0.25, 0.3) is 0 Å². The molecule has 3 heterocycles. The van der Waals surface area contributed by atoms with E-state index in [0.29, 0.717) is 5.56 Å². The van der Waals surface area contributed by atoms with E-state index < -0.39 is 29.2 Å². The maximum atomic E-state index is 14.0. The first-order valence-electron chi connectivity index (χ1n) is 11.8. The number of nitrogens with two attached hydrogens (primary N) is 1. The van der Waals surface area contributed by atoms with Gasteiger partial charge in [0.15, 0.2) is 0 Å². The zero-order chi connectivity index (χ0) is 25.2. The molecule has 6 nitrogen and oxygen atoms in total. The number of benzene rings is 2. The van der Waals surface area contributed by atoms with E-state index in [-0.39, 0.29) is 16.9 Å². The summed E-state index contributed by atoms with van der Waals surface area (Å²) >= 11 is 5.83. The normalized spacial score (nSPS) is 14.3. The number of carbonyl (C=O) groups excluding carboxylic acids is 1. The molecule has 186 valence electrons. The highest BCUT2D eigenvalue weighted by atomic mass is 35.5. The molecule has 2 aromatic carbocycles. The Bertz CT molecular complexity index is 1430. The van der Waals surface area contributed by atoms with E-state index in [1.807, 2.05) is 18.3 Å². The van der Waals surface area contributed by atoms with Crippen LogP contribution in [0.3, 0.4) is 0 Å². The molecule has 1 aliphatic rings. The van der Waals surface area contributed by atoms with Crippen LogP contribution in [0.25, 0.3) is 22.0 Å². The fourth-order valence-electron chi connectivity index (χ4n) is 4.56. The standard InChI is InChI=1S/C27H25ClF2N4O2/c28-25-21(22(29)5-6-23(25)30)15-36-27(35)20-11-17(12-33-26(20)31)16-4-7-24-19(10-16)18(13-32-24)14-34-8-2-1-3-9-34/h4-7,10-13,32H,1-3,8-9,14-15H2,(H2,31,33). The molecule has 36 heavy (non-hydrogen) atoms. The quantitative estimate of drug-likeness (QED) is 0.242. The zero-order valence-electron chi connectivity index (χ0n) is 19.5. The Morgan fingerprint density at radius 2 is 1.86 bits per heavy atom. The number of aromatic nitrogens is 2. The van der Waals surface area contributed by atoms with Crippen LogP contribution in [0.4, 0.5) is 14.6 Å². The molecule has 1 fully saturated rings. The van der Waals surface area contributed by atoms with Gasteiger partial charge in [0, 0.05) is 41.0 Å². The monoisotopic (exact) mass is 510 g/mol. The molecule has 0 atom stereocenters. The van der Waals surface area contributed by atoms with Crippen molar-refractivity contribution < 1.29 is 18.3 Å². The molecule has 0 radical (unpaired) electrons. The van der Waals surface area contributed by atoms with Crippen molar-refractivity contribution in [3.63, 3.8) is 0 Å². The van der Waals surface area contributed by atoms with Crippen LogP contribution in [0.5, 0.6) is 0 Å². The third-order valence-electron chi connectivity index (χ3n) is 6.57. The minimum absolute atomic E-state index is 0.0249. The largest absolute Gasteiger partial charge is 0.457 e. The molecule has 0 aliphatic carbocycles. The summed E-state index contributed by atoms with van der Waals surface area (Å²) in [7, 11) is 0. The van der Waals surface area contributed by atoms with Crippen molar-refractivity contribution in [2.75, 3.05) is 18.8 Å². The number of H-pyrrole nitrogens is 1. The molecule has 3 N–H and O–H groups in total. The van der Waals surface area contributed by atoms with Gasteiger partial charge in [-0.2, -0.15) is 0 Å². The molecule has 0 amide bonds. The number of pyridine rings is 1. The highest BCUT2D eigenvalue weighted by Crippen LogP contribution is 2.29. The third-order valence-corrected chi connectivity index (χ3v) is 6.98. The Hall–Kier alpha value is -3.49. The van der Waals surface area contributed by atoms with Gasteiger partial charge in [-0.25, -0.2) is 18.6 Å². The highest BCUT2D eigenvalue weighted by Gasteiger charge is 2.19. The van der Waals surface area contributed by atoms with Crippen LogP contribution in [-0.2, 0) is 17.9 Å². The zero-order valence-corrected chi connectivity index (χ0v) is 20.2. The fourth-order valence-corrected chi connectivity index (χ4v) is 4.77. The number of nitrogen functional groups attached to an aromatic ring is 1. The second kappa shape index (κ2) is 10.2. The van der Waals surface area contributed by atoms with Crippen LogP contribution in [0.2, 0.25) is 5.02 Å². The van der Waals surface area contributed by atoms with E-state index in [4.69, 9.17) is 22.1 Å². The van der Waals surface area contributed by atoms with Gasteiger partial charge < -0.3 is 15.5 Å². The molecule has 1 saturated heterocycles. The summed E-state index contributed by atoms with van der Waals surface area (Å²) in [6, 6.07) is 9.42. The van der Waals surface area contributed by atoms with Crippen molar-refractivity contribution in [1.82, 2.24) is 14.9 Å². The number of ether oxygens (including phenoxy) is 1. The number of piperidine rings is 1. The Morgan fingerprint density at radius 3 is 2.67 bits per heavy atom. The molecule has 0 unspecified atom stereocenters. The molecule has 0 saturated carbocycles. The minimum Gasteiger partial charge on any atom is -0.457 e. The number of hydrogen-bond acceptors (Lipinski definition) is 5. The van der Waals surface area contributed by atoms with Crippen LogP contribution in [-0.4, -0.2) is 33.9 Å². The summed E-state index contributed by atoms with van der Waals surface area (Å²) in [5.41, 5.74) is 9.51. The average Bonchev–Trinajstić information content (AvgIpc) is 3.29. The Morgan fingerprint density at radius 1 is 1.08 bits per heavy atom. The molecule has 0 spiro atoms. The fraction of sp³-hybridized carbons (Fsp3) is 0.259. The molecule has 5 rings (SSSR count). The van der Waals surface area contributed by atoms with Crippen molar-refractivity contribution in [3.8, 4) is 11.1 Å². The van der Waals surface area contributed by atoms with Gasteiger partial charge in [0.05, 0.1) is 5.02 Å². The Labute approximate surface area is 212 Å². The lowest BCUT2D eigenvalue weighted by atomic mass is 10.0. The van der Waals surface area contributed by atoms with Crippen molar-refractivity contribution in [3.05, 3.63) is 82.1 Å². The summed E-state index contributed by atoms with van der Waals surface area (Å²) in [5, 5.41) is 0.679. The maximum absolute atomic E-state index is 14.0. The molecular formula is C27H25ClF2N4O2. The van der Waals surface area contributed by atoms with Gasteiger partial charge >= 0.3 is 5.97 Å². The van der Waals surface area contributed by atoms with E-state index in [1.165, 1.54) is 24.8 Å². The number of fused-ring (bicyclic) bond motifs is 1. The lowest BCUT2D eigenvalue weighted by Gasteiger charge is -2.26. The first kappa shape index (κ1) is 24.2.